The number of aryl methyl sites for hydroxylation is 2. The molecule has 18 heavy (non-hydrogen) atoms. The molecule has 98 valence electrons. The first-order valence-corrected chi connectivity index (χ1v) is 6.92. The van der Waals surface area contributed by atoms with Crippen LogP contribution < -0.4 is 5.73 Å². The van der Waals surface area contributed by atoms with Gasteiger partial charge in [0.25, 0.3) is 0 Å². The SMILES string of the molecule is CCCc1nc2ccccc2n1CCCC(C)N. The minimum atomic E-state index is 0.286. The summed E-state index contributed by atoms with van der Waals surface area (Å²) in [6, 6.07) is 8.68. The lowest BCUT2D eigenvalue weighted by molar-refractivity contribution is 0.551. The molecule has 0 bridgehead atoms. The van der Waals surface area contributed by atoms with Crippen molar-refractivity contribution in [2.45, 2.75) is 52.1 Å². The average Bonchev–Trinajstić information content (AvgIpc) is 2.68. The number of para-hydroxylation sites is 2. The molecular formula is C15H23N3. The van der Waals surface area contributed by atoms with E-state index < -0.39 is 0 Å². The minimum absolute atomic E-state index is 0.286. The second-order valence-corrected chi connectivity index (χ2v) is 5.04. The first-order valence-electron chi connectivity index (χ1n) is 6.92. The predicted molar refractivity (Wildman–Crippen MR) is 76.6 cm³/mol. The maximum absolute atomic E-state index is 5.82. The molecule has 1 aromatic carbocycles. The lowest BCUT2D eigenvalue weighted by Gasteiger charge is -2.10. The number of rotatable bonds is 6. The van der Waals surface area contributed by atoms with Gasteiger partial charge in [-0.15, -0.1) is 0 Å². The average molecular weight is 245 g/mol. The van der Waals surface area contributed by atoms with Crippen LogP contribution in [0.3, 0.4) is 0 Å². The maximum Gasteiger partial charge on any atom is 0.109 e. The second-order valence-electron chi connectivity index (χ2n) is 5.04. The van der Waals surface area contributed by atoms with Gasteiger partial charge in [0.2, 0.25) is 0 Å². The Hall–Kier alpha value is -1.35. The third kappa shape index (κ3) is 2.91. The van der Waals surface area contributed by atoms with Crippen molar-refractivity contribution in [2.75, 3.05) is 0 Å². The van der Waals surface area contributed by atoms with Gasteiger partial charge in [0.15, 0.2) is 0 Å². The van der Waals surface area contributed by atoms with Crippen molar-refractivity contribution in [3.63, 3.8) is 0 Å². The van der Waals surface area contributed by atoms with E-state index in [4.69, 9.17) is 10.7 Å². The molecule has 0 aliphatic rings. The molecule has 1 heterocycles. The van der Waals surface area contributed by atoms with E-state index in [9.17, 15) is 0 Å². The molecule has 0 amide bonds. The summed E-state index contributed by atoms with van der Waals surface area (Å²) in [4.78, 5) is 4.73. The fourth-order valence-corrected chi connectivity index (χ4v) is 2.36. The zero-order chi connectivity index (χ0) is 13.0. The summed E-state index contributed by atoms with van der Waals surface area (Å²) in [6.07, 6.45) is 4.37. The Balaban J connectivity index is 2.24. The van der Waals surface area contributed by atoms with E-state index in [-0.39, 0.29) is 6.04 Å². The largest absolute Gasteiger partial charge is 0.328 e. The highest BCUT2D eigenvalue weighted by atomic mass is 15.1. The fourth-order valence-electron chi connectivity index (χ4n) is 2.36. The van der Waals surface area contributed by atoms with Gasteiger partial charge in [-0.25, -0.2) is 4.98 Å². The van der Waals surface area contributed by atoms with Crippen LogP contribution >= 0.6 is 0 Å². The van der Waals surface area contributed by atoms with Crippen molar-refractivity contribution in [3.8, 4) is 0 Å². The molecule has 0 radical (unpaired) electrons. The molecule has 3 nitrogen and oxygen atoms in total. The van der Waals surface area contributed by atoms with Crippen LogP contribution in [0, 0.1) is 0 Å². The van der Waals surface area contributed by atoms with Crippen molar-refractivity contribution in [1.82, 2.24) is 9.55 Å². The van der Waals surface area contributed by atoms with Crippen LogP contribution in [0.2, 0.25) is 0 Å². The molecule has 1 atom stereocenters. The van der Waals surface area contributed by atoms with Crippen LogP contribution in [0.15, 0.2) is 24.3 Å². The van der Waals surface area contributed by atoms with Crippen LogP contribution in [0.25, 0.3) is 11.0 Å². The highest BCUT2D eigenvalue weighted by Gasteiger charge is 2.09. The standard InChI is InChI=1S/C15H23N3/c1-3-7-15-17-13-9-4-5-10-14(13)18(15)11-6-8-12(2)16/h4-5,9-10,12H,3,6-8,11,16H2,1-2H3. The van der Waals surface area contributed by atoms with Gasteiger partial charge in [-0.3, -0.25) is 0 Å². The zero-order valence-corrected chi connectivity index (χ0v) is 11.4. The van der Waals surface area contributed by atoms with Crippen LogP contribution in [0.5, 0.6) is 0 Å². The lowest BCUT2D eigenvalue weighted by atomic mass is 10.2. The summed E-state index contributed by atoms with van der Waals surface area (Å²) in [5.74, 6) is 1.21. The van der Waals surface area contributed by atoms with Gasteiger partial charge >= 0.3 is 0 Å². The maximum atomic E-state index is 5.82. The number of fused-ring (bicyclic) bond motifs is 1. The third-order valence-electron chi connectivity index (χ3n) is 3.25. The van der Waals surface area contributed by atoms with Crippen LogP contribution in [-0.2, 0) is 13.0 Å². The summed E-state index contributed by atoms with van der Waals surface area (Å²) in [6.45, 7) is 5.29. The number of aromatic nitrogens is 2. The summed E-state index contributed by atoms with van der Waals surface area (Å²) >= 11 is 0. The minimum Gasteiger partial charge on any atom is -0.328 e. The van der Waals surface area contributed by atoms with Gasteiger partial charge in [-0.1, -0.05) is 19.1 Å². The number of hydrogen-bond acceptors (Lipinski definition) is 2. The van der Waals surface area contributed by atoms with Crippen molar-refractivity contribution in [3.05, 3.63) is 30.1 Å². The lowest BCUT2D eigenvalue weighted by Crippen LogP contribution is -2.15. The molecule has 0 aliphatic heterocycles. The number of hydrogen-bond donors (Lipinski definition) is 1. The van der Waals surface area contributed by atoms with Crippen molar-refractivity contribution in [2.24, 2.45) is 5.73 Å². The molecular weight excluding hydrogens is 222 g/mol. The first-order chi connectivity index (χ1) is 8.72. The fraction of sp³-hybridized carbons (Fsp3) is 0.533. The summed E-state index contributed by atoms with van der Waals surface area (Å²) in [5.41, 5.74) is 8.18. The summed E-state index contributed by atoms with van der Waals surface area (Å²) in [7, 11) is 0. The smallest absolute Gasteiger partial charge is 0.109 e. The number of nitrogens with zero attached hydrogens (tertiary/aromatic N) is 2. The van der Waals surface area contributed by atoms with Gasteiger partial charge in [0, 0.05) is 19.0 Å². The molecule has 0 saturated carbocycles. The monoisotopic (exact) mass is 245 g/mol. The van der Waals surface area contributed by atoms with E-state index in [1.165, 1.54) is 11.3 Å². The van der Waals surface area contributed by atoms with Crippen molar-refractivity contribution >= 4 is 11.0 Å². The van der Waals surface area contributed by atoms with Gasteiger partial charge in [-0.05, 0) is 38.3 Å². The molecule has 0 spiro atoms. The van der Waals surface area contributed by atoms with E-state index in [1.807, 2.05) is 0 Å². The normalized spacial score (nSPS) is 13.1. The molecule has 3 heteroatoms. The molecule has 1 aromatic heterocycles. The molecule has 0 saturated heterocycles. The van der Waals surface area contributed by atoms with E-state index in [0.717, 1.165) is 37.7 Å². The highest BCUT2D eigenvalue weighted by Crippen LogP contribution is 2.18. The highest BCUT2D eigenvalue weighted by molar-refractivity contribution is 5.75. The Morgan fingerprint density at radius 3 is 2.83 bits per heavy atom. The third-order valence-corrected chi connectivity index (χ3v) is 3.25. The van der Waals surface area contributed by atoms with Crippen molar-refractivity contribution in [1.29, 1.82) is 0 Å². The predicted octanol–water partition coefficient (Wildman–Crippen LogP) is 3.12. The van der Waals surface area contributed by atoms with Crippen LogP contribution in [0.4, 0.5) is 0 Å². The second kappa shape index (κ2) is 6.01. The Morgan fingerprint density at radius 2 is 2.11 bits per heavy atom. The molecule has 2 aromatic rings. The van der Waals surface area contributed by atoms with E-state index in [0.29, 0.717) is 0 Å². The Kier molecular flexibility index (Phi) is 4.37. The van der Waals surface area contributed by atoms with Gasteiger partial charge in [0.1, 0.15) is 5.82 Å². The molecule has 2 rings (SSSR count). The summed E-state index contributed by atoms with van der Waals surface area (Å²) < 4.78 is 2.36. The Bertz CT molecular complexity index is 499. The summed E-state index contributed by atoms with van der Waals surface area (Å²) in [5, 5.41) is 0. The molecule has 2 N–H and O–H groups in total. The van der Waals surface area contributed by atoms with Gasteiger partial charge < -0.3 is 10.3 Å². The van der Waals surface area contributed by atoms with Crippen molar-refractivity contribution < 1.29 is 0 Å². The Labute approximate surface area is 109 Å². The molecule has 0 aliphatic carbocycles. The molecule has 0 fully saturated rings. The zero-order valence-electron chi connectivity index (χ0n) is 11.4. The number of nitrogens with two attached hydrogens (primary N) is 1. The van der Waals surface area contributed by atoms with Gasteiger partial charge in [-0.2, -0.15) is 0 Å². The van der Waals surface area contributed by atoms with Crippen LogP contribution in [0.1, 0.15) is 38.9 Å². The Morgan fingerprint density at radius 1 is 1.33 bits per heavy atom. The number of benzene rings is 1. The van der Waals surface area contributed by atoms with E-state index >= 15 is 0 Å². The number of imidazole rings is 1. The van der Waals surface area contributed by atoms with E-state index in [1.54, 1.807) is 0 Å². The van der Waals surface area contributed by atoms with E-state index in [2.05, 4.69) is 42.7 Å². The topological polar surface area (TPSA) is 43.8 Å². The molecule has 1 unspecified atom stereocenters. The first kappa shape index (κ1) is 13.1. The van der Waals surface area contributed by atoms with Crippen LogP contribution in [-0.4, -0.2) is 15.6 Å². The van der Waals surface area contributed by atoms with Gasteiger partial charge in [0.05, 0.1) is 11.0 Å². The quantitative estimate of drug-likeness (QED) is 0.849.